The van der Waals surface area contributed by atoms with Crippen molar-refractivity contribution < 1.29 is 28.2 Å². The molecule has 0 aromatic heterocycles. The maximum atomic E-state index is 12.5. The van der Waals surface area contributed by atoms with Crippen LogP contribution in [0, 0.1) is 3.57 Å². The highest BCUT2D eigenvalue weighted by Gasteiger charge is 2.36. The smallest absolute Gasteiger partial charge is 0.416 e. The minimum Gasteiger partial charge on any atom is -0.479 e. The van der Waals surface area contributed by atoms with E-state index in [-0.39, 0.29) is 0 Å². The van der Waals surface area contributed by atoms with Crippen molar-refractivity contribution in [2.75, 3.05) is 0 Å². The molecule has 16 heavy (non-hydrogen) atoms. The largest absolute Gasteiger partial charge is 0.479 e. The fraction of sp³-hybridized carbons (Fsp3) is 0.222. The van der Waals surface area contributed by atoms with Gasteiger partial charge in [0.2, 0.25) is 0 Å². The number of hydrogen-bond acceptors (Lipinski definition) is 2. The Hall–Kier alpha value is -0.830. The summed E-state index contributed by atoms with van der Waals surface area (Å²) in [6, 6.07) is 3.06. The van der Waals surface area contributed by atoms with Crippen molar-refractivity contribution in [2.45, 2.75) is 12.3 Å². The molecule has 1 aromatic rings. The Bertz CT molecular complexity index is 417. The lowest BCUT2D eigenvalue weighted by Crippen LogP contribution is -2.17. The quantitative estimate of drug-likeness (QED) is 0.809. The van der Waals surface area contributed by atoms with Gasteiger partial charge in [0.05, 0.1) is 5.56 Å². The maximum Gasteiger partial charge on any atom is 0.416 e. The molecule has 0 amide bonds. The summed E-state index contributed by atoms with van der Waals surface area (Å²) in [6.07, 6.45) is -6.86. The van der Waals surface area contributed by atoms with Crippen molar-refractivity contribution in [2.24, 2.45) is 0 Å². The average molecular weight is 346 g/mol. The van der Waals surface area contributed by atoms with Gasteiger partial charge in [-0.05, 0) is 34.7 Å². The van der Waals surface area contributed by atoms with Crippen LogP contribution in [0.5, 0.6) is 0 Å². The highest BCUT2D eigenvalue weighted by atomic mass is 127. The van der Waals surface area contributed by atoms with Crippen molar-refractivity contribution in [3.63, 3.8) is 0 Å². The van der Waals surface area contributed by atoms with Gasteiger partial charge in [0, 0.05) is 9.13 Å². The van der Waals surface area contributed by atoms with Crippen LogP contribution in [0.25, 0.3) is 0 Å². The van der Waals surface area contributed by atoms with Gasteiger partial charge in [-0.1, -0.05) is 6.07 Å². The molecule has 1 rings (SSSR count). The highest BCUT2D eigenvalue weighted by molar-refractivity contribution is 14.1. The first kappa shape index (κ1) is 13.2. The number of hydrogen-bond donors (Lipinski definition) is 2. The van der Waals surface area contributed by atoms with Gasteiger partial charge in [-0.25, -0.2) is 4.79 Å². The van der Waals surface area contributed by atoms with Crippen LogP contribution in [0.1, 0.15) is 17.2 Å². The molecule has 0 aliphatic heterocycles. The molecular formula is C9H6F3IO3. The number of aliphatic carboxylic acids is 1. The maximum absolute atomic E-state index is 12.5. The lowest BCUT2D eigenvalue weighted by Gasteiger charge is -2.15. The molecule has 0 radical (unpaired) electrons. The Morgan fingerprint density at radius 1 is 1.38 bits per heavy atom. The minimum atomic E-state index is -4.69. The van der Waals surface area contributed by atoms with Crippen molar-refractivity contribution in [1.29, 1.82) is 0 Å². The van der Waals surface area contributed by atoms with E-state index in [9.17, 15) is 18.0 Å². The third-order valence-corrected chi connectivity index (χ3v) is 2.52. The first-order valence-corrected chi connectivity index (χ1v) is 5.09. The summed E-state index contributed by atoms with van der Waals surface area (Å²) >= 11 is 1.67. The van der Waals surface area contributed by atoms with Crippen LogP contribution >= 0.6 is 22.6 Å². The molecule has 1 atom stereocenters. The fourth-order valence-corrected chi connectivity index (χ4v) is 1.64. The summed E-state index contributed by atoms with van der Waals surface area (Å²) in [7, 11) is 0. The zero-order chi connectivity index (χ0) is 12.5. The molecule has 0 saturated carbocycles. The van der Waals surface area contributed by atoms with Crippen molar-refractivity contribution in [3.8, 4) is 0 Å². The molecular weight excluding hydrogens is 340 g/mol. The molecule has 0 spiro atoms. The molecule has 0 fully saturated rings. The van der Waals surface area contributed by atoms with E-state index in [4.69, 9.17) is 10.2 Å². The Morgan fingerprint density at radius 3 is 2.38 bits per heavy atom. The van der Waals surface area contributed by atoms with E-state index in [1.54, 1.807) is 22.6 Å². The number of carboxylic acid groups (broad SMARTS) is 1. The predicted molar refractivity (Wildman–Crippen MR) is 56.8 cm³/mol. The molecule has 0 aliphatic rings. The number of aliphatic hydroxyl groups excluding tert-OH is 1. The number of rotatable bonds is 2. The molecule has 1 unspecified atom stereocenters. The minimum absolute atomic E-state index is 0.311. The second kappa shape index (κ2) is 4.58. The fourth-order valence-electron chi connectivity index (χ4n) is 1.15. The van der Waals surface area contributed by atoms with Crippen LogP contribution in [-0.4, -0.2) is 16.2 Å². The van der Waals surface area contributed by atoms with Gasteiger partial charge in [-0.15, -0.1) is 0 Å². The molecule has 0 saturated heterocycles. The van der Waals surface area contributed by atoms with Crippen LogP contribution in [0.15, 0.2) is 18.2 Å². The van der Waals surface area contributed by atoms with Gasteiger partial charge in [-0.2, -0.15) is 13.2 Å². The van der Waals surface area contributed by atoms with Crippen LogP contribution < -0.4 is 0 Å². The summed E-state index contributed by atoms with van der Waals surface area (Å²) in [6.45, 7) is 0. The molecule has 1 aromatic carbocycles. The normalized spacial score (nSPS) is 13.6. The Morgan fingerprint density at radius 2 is 1.94 bits per heavy atom. The van der Waals surface area contributed by atoms with Crippen molar-refractivity contribution >= 4 is 28.6 Å². The average Bonchev–Trinajstić information content (AvgIpc) is 2.15. The topological polar surface area (TPSA) is 57.5 Å². The molecule has 7 heteroatoms. The molecule has 2 N–H and O–H groups in total. The van der Waals surface area contributed by atoms with Gasteiger partial charge in [-0.3, -0.25) is 0 Å². The van der Waals surface area contributed by atoms with Gasteiger partial charge in [0.15, 0.2) is 6.10 Å². The Balaban J connectivity index is 3.34. The Kier molecular flexibility index (Phi) is 3.79. The third kappa shape index (κ3) is 2.85. The Labute approximate surface area is 102 Å². The van der Waals surface area contributed by atoms with E-state index in [0.29, 0.717) is 3.57 Å². The third-order valence-electron chi connectivity index (χ3n) is 1.85. The van der Waals surface area contributed by atoms with Crippen LogP contribution in [-0.2, 0) is 11.0 Å². The van der Waals surface area contributed by atoms with E-state index in [0.717, 1.165) is 12.1 Å². The molecule has 3 nitrogen and oxygen atoms in total. The SMILES string of the molecule is O=C(O)C(O)c1ccc(I)cc1C(F)(F)F. The highest BCUT2D eigenvalue weighted by Crippen LogP contribution is 2.35. The van der Waals surface area contributed by atoms with Gasteiger partial charge < -0.3 is 10.2 Å². The first-order chi connectivity index (χ1) is 7.23. The second-order valence-corrected chi connectivity index (χ2v) is 4.22. The van der Waals surface area contributed by atoms with Crippen LogP contribution in [0.3, 0.4) is 0 Å². The standard InChI is InChI=1S/C9H6F3IO3/c10-9(11,12)6-3-4(13)1-2-5(6)7(14)8(15)16/h1-3,7,14H,(H,15,16). The summed E-state index contributed by atoms with van der Waals surface area (Å²) in [5, 5.41) is 17.6. The lowest BCUT2D eigenvalue weighted by atomic mass is 10.0. The molecule has 0 heterocycles. The number of aliphatic hydroxyl groups is 1. The zero-order valence-corrected chi connectivity index (χ0v) is 9.78. The van der Waals surface area contributed by atoms with E-state index >= 15 is 0 Å². The number of carboxylic acids is 1. The van der Waals surface area contributed by atoms with E-state index < -0.39 is 29.4 Å². The molecule has 88 valence electrons. The van der Waals surface area contributed by atoms with Crippen molar-refractivity contribution in [1.82, 2.24) is 0 Å². The zero-order valence-electron chi connectivity index (χ0n) is 7.62. The van der Waals surface area contributed by atoms with Gasteiger partial charge in [0.25, 0.3) is 0 Å². The second-order valence-electron chi connectivity index (χ2n) is 2.97. The summed E-state index contributed by atoms with van der Waals surface area (Å²) in [5.41, 5.74) is -1.78. The summed E-state index contributed by atoms with van der Waals surface area (Å²) in [5.74, 6) is -1.72. The summed E-state index contributed by atoms with van der Waals surface area (Å²) in [4.78, 5) is 10.4. The number of carbonyl (C=O) groups is 1. The van der Waals surface area contributed by atoms with E-state index in [2.05, 4.69) is 0 Å². The van der Waals surface area contributed by atoms with E-state index in [1.165, 1.54) is 6.07 Å². The molecule has 0 aliphatic carbocycles. The summed E-state index contributed by atoms with van der Waals surface area (Å²) < 4.78 is 37.9. The first-order valence-electron chi connectivity index (χ1n) is 4.01. The van der Waals surface area contributed by atoms with Crippen LogP contribution in [0.2, 0.25) is 0 Å². The number of benzene rings is 1. The lowest BCUT2D eigenvalue weighted by molar-refractivity contribution is -0.149. The van der Waals surface area contributed by atoms with Gasteiger partial charge in [0.1, 0.15) is 0 Å². The van der Waals surface area contributed by atoms with E-state index in [1.807, 2.05) is 0 Å². The predicted octanol–water partition coefficient (Wildman–Crippen LogP) is 2.43. The molecule has 0 bridgehead atoms. The number of halogens is 4. The number of alkyl halides is 3. The van der Waals surface area contributed by atoms with Crippen molar-refractivity contribution in [3.05, 3.63) is 32.9 Å². The van der Waals surface area contributed by atoms with Gasteiger partial charge >= 0.3 is 12.1 Å². The van der Waals surface area contributed by atoms with Crippen LogP contribution in [0.4, 0.5) is 13.2 Å². The monoisotopic (exact) mass is 346 g/mol.